The highest BCUT2D eigenvalue weighted by molar-refractivity contribution is 5.96. The molecule has 0 spiro atoms. The van der Waals surface area contributed by atoms with E-state index in [4.69, 9.17) is 14.6 Å². The van der Waals surface area contributed by atoms with Gasteiger partial charge in [-0.25, -0.2) is 0 Å². The van der Waals surface area contributed by atoms with E-state index >= 15 is 0 Å². The lowest BCUT2D eigenvalue weighted by atomic mass is 9.77. The van der Waals surface area contributed by atoms with Crippen LogP contribution in [-0.2, 0) is 14.3 Å². The third kappa shape index (κ3) is 4.81. The molecule has 0 fully saturated rings. The molecule has 8 heteroatoms. The quantitative estimate of drug-likeness (QED) is 0.499. The number of nitrogens with one attached hydrogen (secondary N) is 1. The Hall–Kier alpha value is -2.68. The van der Waals surface area contributed by atoms with E-state index in [1.165, 1.54) is 18.1 Å². The van der Waals surface area contributed by atoms with Gasteiger partial charge in [-0.05, 0) is 24.6 Å². The second-order valence-electron chi connectivity index (χ2n) is 7.52. The van der Waals surface area contributed by atoms with Gasteiger partial charge in [-0.2, -0.15) is 0 Å². The molecule has 8 nitrogen and oxygen atoms in total. The number of amides is 2. The van der Waals surface area contributed by atoms with Crippen LogP contribution in [0, 0.1) is 0 Å². The van der Waals surface area contributed by atoms with Crippen molar-refractivity contribution in [1.82, 2.24) is 10.2 Å². The molecule has 0 radical (unpaired) electrons. The van der Waals surface area contributed by atoms with E-state index in [1.54, 1.807) is 18.2 Å². The molecular formula is C23H30N2O6. The Morgan fingerprint density at radius 3 is 2.81 bits per heavy atom. The van der Waals surface area contributed by atoms with Crippen LogP contribution in [0.4, 0.5) is 0 Å². The Labute approximate surface area is 182 Å². The number of allylic oxidation sites excluding steroid dienone is 1. The number of nitrogens with zero attached hydrogens (tertiary/aromatic N) is 1. The Morgan fingerprint density at radius 1 is 1.32 bits per heavy atom. The molecule has 31 heavy (non-hydrogen) atoms. The monoisotopic (exact) mass is 430 g/mol. The largest absolute Gasteiger partial charge is 0.486 e. The summed E-state index contributed by atoms with van der Waals surface area (Å²) in [6.07, 6.45) is 3.82. The van der Waals surface area contributed by atoms with Gasteiger partial charge in [0, 0.05) is 31.3 Å². The van der Waals surface area contributed by atoms with E-state index in [9.17, 15) is 14.7 Å². The molecule has 2 amide bonds. The van der Waals surface area contributed by atoms with E-state index in [0.29, 0.717) is 17.7 Å². The van der Waals surface area contributed by atoms with E-state index in [-0.39, 0.29) is 38.1 Å². The first kappa shape index (κ1) is 23.0. The summed E-state index contributed by atoms with van der Waals surface area (Å²) in [5.74, 6) is -0.488. The van der Waals surface area contributed by atoms with Crippen molar-refractivity contribution in [3.63, 3.8) is 0 Å². The Bertz CT molecular complexity index is 852. The smallest absolute Gasteiger partial charge is 0.247 e. The second-order valence-corrected chi connectivity index (χ2v) is 7.52. The number of aliphatic hydroxyl groups is 2. The first-order valence-corrected chi connectivity index (χ1v) is 10.5. The van der Waals surface area contributed by atoms with E-state index < -0.39 is 24.2 Å². The van der Waals surface area contributed by atoms with Gasteiger partial charge in [0.2, 0.25) is 11.8 Å². The number of aliphatic hydroxyl groups excluding tert-OH is 2. The maximum absolute atomic E-state index is 13.0. The molecule has 1 aliphatic heterocycles. The number of fused-ring (bicyclic) bond motifs is 3. The van der Waals surface area contributed by atoms with Crippen LogP contribution in [0.1, 0.15) is 24.8 Å². The van der Waals surface area contributed by atoms with Gasteiger partial charge in [-0.1, -0.05) is 31.2 Å². The SMILES string of the molecule is CCC=CC(=O)N(CCOC)C1C=C(C(=O)NCCO)C2c3ccccc3OC2C1O. The number of rotatable bonds is 9. The summed E-state index contributed by atoms with van der Waals surface area (Å²) in [6.45, 7) is 2.37. The molecule has 1 heterocycles. The minimum absolute atomic E-state index is 0.106. The van der Waals surface area contributed by atoms with Crippen LogP contribution in [0.25, 0.3) is 0 Å². The van der Waals surface area contributed by atoms with E-state index in [0.717, 1.165) is 5.56 Å². The molecular weight excluding hydrogens is 400 g/mol. The molecule has 2 aliphatic rings. The van der Waals surface area contributed by atoms with E-state index in [1.807, 2.05) is 25.1 Å². The van der Waals surface area contributed by atoms with Crippen molar-refractivity contribution in [2.45, 2.75) is 37.5 Å². The molecule has 1 aromatic carbocycles. The van der Waals surface area contributed by atoms with Crippen LogP contribution in [-0.4, -0.2) is 78.6 Å². The predicted molar refractivity (Wildman–Crippen MR) is 115 cm³/mol. The predicted octanol–water partition coefficient (Wildman–Crippen LogP) is 0.750. The van der Waals surface area contributed by atoms with Gasteiger partial charge in [-0.15, -0.1) is 0 Å². The molecule has 0 saturated carbocycles. The third-order valence-corrected chi connectivity index (χ3v) is 5.55. The van der Waals surface area contributed by atoms with Crippen molar-refractivity contribution in [2.24, 2.45) is 0 Å². The van der Waals surface area contributed by atoms with Gasteiger partial charge in [0.25, 0.3) is 0 Å². The highest BCUT2D eigenvalue weighted by Gasteiger charge is 2.50. The van der Waals surface area contributed by atoms with Gasteiger partial charge in [0.1, 0.15) is 18.0 Å². The van der Waals surface area contributed by atoms with Crippen molar-refractivity contribution in [1.29, 1.82) is 0 Å². The number of methoxy groups -OCH3 is 1. The van der Waals surface area contributed by atoms with Crippen LogP contribution in [0.15, 0.2) is 48.1 Å². The first-order valence-electron chi connectivity index (χ1n) is 10.5. The van der Waals surface area contributed by atoms with Crippen LogP contribution >= 0.6 is 0 Å². The fraction of sp³-hybridized carbons (Fsp3) is 0.478. The minimum atomic E-state index is -1.04. The number of ether oxygens (including phenoxy) is 2. The van der Waals surface area contributed by atoms with Gasteiger partial charge in [0.15, 0.2) is 0 Å². The normalized spacial score (nSPS) is 24.2. The zero-order valence-electron chi connectivity index (χ0n) is 17.9. The van der Waals surface area contributed by atoms with Crippen LogP contribution in [0.5, 0.6) is 5.75 Å². The summed E-state index contributed by atoms with van der Waals surface area (Å²) < 4.78 is 11.2. The fourth-order valence-corrected chi connectivity index (χ4v) is 4.10. The third-order valence-electron chi connectivity index (χ3n) is 5.55. The maximum atomic E-state index is 13.0. The summed E-state index contributed by atoms with van der Waals surface area (Å²) in [7, 11) is 1.54. The molecule has 3 rings (SSSR count). The highest BCUT2D eigenvalue weighted by Crippen LogP contribution is 2.47. The maximum Gasteiger partial charge on any atom is 0.247 e. The number of hydrogen-bond acceptors (Lipinski definition) is 6. The number of carbonyl (C=O) groups is 2. The first-order chi connectivity index (χ1) is 15.0. The lowest BCUT2D eigenvalue weighted by molar-refractivity contribution is -0.133. The topological polar surface area (TPSA) is 108 Å². The van der Waals surface area contributed by atoms with Crippen molar-refractivity contribution >= 4 is 11.8 Å². The van der Waals surface area contributed by atoms with E-state index in [2.05, 4.69) is 5.32 Å². The number of carbonyl (C=O) groups excluding carboxylic acids is 2. The van der Waals surface area contributed by atoms with Crippen molar-refractivity contribution in [3.8, 4) is 5.75 Å². The lowest BCUT2D eigenvalue weighted by Crippen LogP contribution is -2.56. The molecule has 1 aliphatic carbocycles. The number of benzene rings is 1. The molecule has 168 valence electrons. The average Bonchev–Trinajstić information content (AvgIpc) is 3.17. The molecule has 0 saturated heterocycles. The minimum Gasteiger partial charge on any atom is -0.486 e. The Balaban J connectivity index is 2.02. The fourth-order valence-electron chi connectivity index (χ4n) is 4.10. The van der Waals surface area contributed by atoms with Crippen molar-refractivity contribution < 1.29 is 29.3 Å². The van der Waals surface area contributed by atoms with Gasteiger partial charge >= 0.3 is 0 Å². The van der Waals surface area contributed by atoms with Gasteiger partial charge in [-0.3, -0.25) is 9.59 Å². The summed E-state index contributed by atoms with van der Waals surface area (Å²) >= 11 is 0. The average molecular weight is 431 g/mol. The Morgan fingerprint density at radius 2 is 2.10 bits per heavy atom. The Kier molecular flexibility index (Phi) is 7.84. The number of para-hydroxylation sites is 1. The summed E-state index contributed by atoms with van der Waals surface area (Å²) in [4.78, 5) is 27.4. The summed E-state index contributed by atoms with van der Waals surface area (Å²) in [6, 6.07) is 6.60. The van der Waals surface area contributed by atoms with Crippen LogP contribution in [0.3, 0.4) is 0 Å². The summed E-state index contributed by atoms with van der Waals surface area (Å²) in [5, 5.41) is 23.0. The molecule has 4 atom stereocenters. The molecule has 4 unspecified atom stereocenters. The summed E-state index contributed by atoms with van der Waals surface area (Å²) in [5.41, 5.74) is 1.23. The van der Waals surface area contributed by atoms with Crippen molar-refractivity contribution in [3.05, 3.63) is 53.6 Å². The van der Waals surface area contributed by atoms with Crippen LogP contribution in [0.2, 0.25) is 0 Å². The van der Waals surface area contributed by atoms with Gasteiger partial charge < -0.3 is 29.9 Å². The standard InChI is InChI=1S/C23H30N2O6/c1-3-4-9-19(27)25(11-13-30-2)17-14-16(23(29)24-10-12-26)20-15-7-5-6-8-18(15)31-22(20)21(17)28/h4-9,14,17,20-22,26,28H,3,10-13H2,1-2H3,(H,24,29). The second kappa shape index (κ2) is 10.6. The molecule has 1 aromatic rings. The molecule has 3 N–H and O–H groups in total. The molecule has 0 bridgehead atoms. The highest BCUT2D eigenvalue weighted by atomic mass is 16.5. The number of hydrogen-bond donors (Lipinski definition) is 3. The zero-order chi connectivity index (χ0) is 22.4. The van der Waals surface area contributed by atoms with Gasteiger partial charge in [0.05, 0.1) is 25.2 Å². The molecule has 0 aromatic heterocycles. The van der Waals surface area contributed by atoms with Crippen molar-refractivity contribution in [2.75, 3.05) is 33.4 Å². The van der Waals surface area contributed by atoms with Crippen LogP contribution < -0.4 is 10.1 Å². The lowest BCUT2D eigenvalue weighted by Gasteiger charge is -2.40. The zero-order valence-corrected chi connectivity index (χ0v) is 17.9.